The molecule has 0 aliphatic rings. The molecule has 0 saturated heterocycles. The van der Waals surface area contributed by atoms with E-state index in [-0.39, 0.29) is 0 Å². The molecule has 0 bridgehead atoms. The van der Waals surface area contributed by atoms with E-state index in [1.807, 2.05) is 60.7 Å². The van der Waals surface area contributed by atoms with E-state index in [2.05, 4.69) is 4.98 Å². The molecule has 0 amide bonds. The molecule has 0 spiro atoms. The van der Waals surface area contributed by atoms with Gasteiger partial charge in [-0.2, -0.15) is 0 Å². The molecule has 2 nitrogen and oxygen atoms in total. The highest BCUT2D eigenvalue weighted by Crippen LogP contribution is 2.23. The number of hydrogen-bond acceptors (Lipinski definition) is 2. The maximum absolute atomic E-state index is 10.3. The minimum absolute atomic E-state index is 0.622. The Morgan fingerprint density at radius 1 is 0.833 bits per heavy atom. The average molecular weight is 235 g/mol. The highest BCUT2D eigenvalue weighted by atomic mass is 16.3. The van der Waals surface area contributed by atoms with Crippen molar-refractivity contribution in [2.45, 2.75) is 6.10 Å². The zero-order valence-electron chi connectivity index (χ0n) is 9.82. The Morgan fingerprint density at radius 3 is 2.39 bits per heavy atom. The van der Waals surface area contributed by atoms with Crippen molar-refractivity contribution in [2.75, 3.05) is 0 Å². The first-order chi connectivity index (χ1) is 8.84. The third kappa shape index (κ3) is 1.98. The van der Waals surface area contributed by atoms with Gasteiger partial charge < -0.3 is 5.11 Å². The molecule has 1 aromatic heterocycles. The lowest BCUT2D eigenvalue weighted by Crippen LogP contribution is -2.00. The van der Waals surface area contributed by atoms with Crippen LogP contribution < -0.4 is 0 Å². The normalized spacial score (nSPS) is 12.5. The highest BCUT2D eigenvalue weighted by Gasteiger charge is 2.10. The molecule has 3 aromatic rings. The van der Waals surface area contributed by atoms with Crippen molar-refractivity contribution < 1.29 is 5.11 Å². The van der Waals surface area contributed by atoms with E-state index in [4.69, 9.17) is 0 Å². The molecular formula is C16H13NO. The third-order valence-corrected chi connectivity index (χ3v) is 3.04. The van der Waals surface area contributed by atoms with Crippen LogP contribution in [0.4, 0.5) is 0 Å². The van der Waals surface area contributed by atoms with Crippen molar-refractivity contribution in [3.63, 3.8) is 0 Å². The smallest absolute Gasteiger partial charge is 0.106 e. The lowest BCUT2D eigenvalue weighted by Gasteiger charge is -2.11. The van der Waals surface area contributed by atoms with E-state index in [9.17, 15) is 5.11 Å². The maximum atomic E-state index is 10.3. The van der Waals surface area contributed by atoms with Crippen molar-refractivity contribution in [3.05, 3.63) is 78.0 Å². The van der Waals surface area contributed by atoms with E-state index in [0.717, 1.165) is 22.0 Å². The summed E-state index contributed by atoms with van der Waals surface area (Å²) in [5.41, 5.74) is 2.65. The van der Waals surface area contributed by atoms with Crippen LogP contribution in [-0.4, -0.2) is 10.1 Å². The largest absolute Gasteiger partial charge is 0.384 e. The minimum atomic E-state index is -0.622. The summed E-state index contributed by atoms with van der Waals surface area (Å²) < 4.78 is 0. The number of fused-ring (bicyclic) bond motifs is 1. The number of para-hydroxylation sites is 1. The van der Waals surface area contributed by atoms with Gasteiger partial charge in [0.1, 0.15) is 6.10 Å². The molecule has 1 heterocycles. The van der Waals surface area contributed by atoms with Gasteiger partial charge in [0.05, 0.1) is 5.52 Å². The van der Waals surface area contributed by atoms with Crippen LogP contribution in [0.15, 0.2) is 66.9 Å². The number of pyridine rings is 1. The fraction of sp³-hybridized carbons (Fsp3) is 0.0625. The van der Waals surface area contributed by atoms with Gasteiger partial charge in [0.2, 0.25) is 0 Å². The van der Waals surface area contributed by atoms with Gasteiger partial charge >= 0.3 is 0 Å². The van der Waals surface area contributed by atoms with Gasteiger partial charge in [-0.3, -0.25) is 4.98 Å². The van der Waals surface area contributed by atoms with Gasteiger partial charge in [0, 0.05) is 17.1 Å². The first-order valence-corrected chi connectivity index (χ1v) is 5.92. The molecule has 0 radical (unpaired) electrons. The number of nitrogens with zero attached hydrogens (tertiary/aromatic N) is 1. The fourth-order valence-electron chi connectivity index (χ4n) is 2.07. The summed E-state index contributed by atoms with van der Waals surface area (Å²) in [6.07, 6.45) is 1.11. The molecule has 1 atom stereocenters. The number of rotatable bonds is 2. The van der Waals surface area contributed by atoms with E-state index in [0.29, 0.717) is 0 Å². The fourth-order valence-corrected chi connectivity index (χ4v) is 2.07. The van der Waals surface area contributed by atoms with E-state index < -0.39 is 6.10 Å². The predicted octanol–water partition coefficient (Wildman–Crippen LogP) is 3.32. The Morgan fingerprint density at radius 2 is 1.56 bits per heavy atom. The van der Waals surface area contributed by atoms with E-state index in [1.165, 1.54) is 0 Å². The van der Waals surface area contributed by atoms with Gasteiger partial charge in [0.15, 0.2) is 0 Å². The van der Waals surface area contributed by atoms with E-state index in [1.54, 1.807) is 6.20 Å². The van der Waals surface area contributed by atoms with Crippen molar-refractivity contribution in [3.8, 4) is 0 Å². The Balaban J connectivity index is 2.04. The van der Waals surface area contributed by atoms with Crippen molar-refractivity contribution >= 4 is 10.9 Å². The van der Waals surface area contributed by atoms with Crippen molar-refractivity contribution in [1.29, 1.82) is 0 Å². The first-order valence-electron chi connectivity index (χ1n) is 5.92. The van der Waals surface area contributed by atoms with Gasteiger partial charge in [-0.15, -0.1) is 0 Å². The van der Waals surface area contributed by atoms with Crippen LogP contribution in [-0.2, 0) is 0 Å². The summed E-state index contributed by atoms with van der Waals surface area (Å²) >= 11 is 0. The van der Waals surface area contributed by atoms with Crippen LogP contribution in [0.25, 0.3) is 10.9 Å². The standard InChI is InChI=1S/C16H13NO/c18-16(12-6-2-1-3-7-12)14-10-13-8-4-5-9-15(13)17-11-14/h1-11,16,18H/t16-/m0/s1. The zero-order chi connectivity index (χ0) is 12.4. The number of aliphatic hydroxyl groups excluding tert-OH is 1. The maximum Gasteiger partial charge on any atom is 0.106 e. The van der Waals surface area contributed by atoms with Gasteiger partial charge in [0.25, 0.3) is 0 Å². The van der Waals surface area contributed by atoms with Gasteiger partial charge in [-0.1, -0.05) is 48.5 Å². The Bertz CT molecular complexity index is 664. The van der Waals surface area contributed by atoms with Crippen molar-refractivity contribution in [1.82, 2.24) is 4.98 Å². The Hall–Kier alpha value is -2.19. The molecule has 2 heteroatoms. The SMILES string of the molecule is O[C@@H](c1ccccc1)c1cnc2ccccc2c1. The summed E-state index contributed by atoms with van der Waals surface area (Å²) in [6, 6.07) is 19.5. The molecule has 0 aliphatic heterocycles. The van der Waals surface area contributed by atoms with Crippen LogP contribution >= 0.6 is 0 Å². The molecule has 88 valence electrons. The number of hydrogen-bond donors (Lipinski definition) is 1. The van der Waals surface area contributed by atoms with Crippen LogP contribution in [0.2, 0.25) is 0 Å². The molecular weight excluding hydrogens is 222 g/mol. The zero-order valence-corrected chi connectivity index (χ0v) is 9.82. The highest BCUT2D eigenvalue weighted by molar-refractivity contribution is 5.78. The van der Waals surface area contributed by atoms with Crippen LogP contribution in [0.1, 0.15) is 17.2 Å². The molecule has 0 saturated carbocycles. The summed E-state index contributed by atoms with van der Waals surface area (Å²) in [7, 11) is 0. The number of aromatic nitrogens is 1. The second kappa shape index (κ2) is 4.59. The topological polar surface area (TPSA) is 33.1 Å². The minimum Gasteiger partial charge on any atom is -0.384 e. The molecule has 0 unspecified atom stereocenters. The summed E-state index contributed by atoms with van der Waals surface area (Å²) in [5, 5.41) is 11.4. The van der Waals surface area contributed by atoms with Crippen LogP contribution in [0.5, 0.6) is 0 Å². The van der Waals surface area contributed by atoms with Gasteiger partial charge in [-0.05, 0) is 17.7 Å². The monoisotopic (exact) mass is 235 g/mol. The Labute approximate surface area is 106 Å². The summed E-state index contributed by atoms with van der Waals surface area (Å²) in [6.45, 7) is 0. The molecule has 2 aromatic carbocycles. The first kappa shape index (κ1) is 10.9. The predicted molar refractivity (Wildman–Crippen MR) is 72.2 cm³/mol. The molecule has 1 N–H and O–H groups in total. The third-order valence-electron chi connectivity index (χ3n) is 3.04. The second-order valence-electron chi connectivity index (χ2n) is 4.27. The lowest BCUT2D eigenvalue weighted by atomic mass is 10.0. The second-order valence-corrected chi connectivity index (χ2v) is 4.27. The van der Waals surface area contributed by atoms with E-state index >= 15 is 0 Å². The quantitative estimate of drug-likeness (QED) is 0.739. The molecule has 0 aliphatic carbocycles. The molecule has 0 fully saturated rings. The number of benzene rings is 2. The lowest BCUT2D eigenvalue weighted by molar-refractivity contribution is 0.220. The van der Waals surface area contributed by atoms with Gasteiger partial charge in [-0.25, -0.2) is 0 Å². The molecule has 3 rings (SSSR count). The van der Waals surface area contributed by atoms with Crippen molar-refractivity contribution in [2.24, 2.45) is 0 Å². The van der Waals surface area contributed by atoms with Crippen LogP contribution in [0.3, 0.4) is 0 Å². The average Bonchev–Trinajstić information content (AvgIpc) is 2.47. The molecule has 18 heavy (non-hydrogen) atoms. The summed E-state index contributed by atoms with van der Waals surface area (Å²) in [4.78, 5) is 4.37. The summed E-state index contributed by atoms with van der Waals surface area (Å²) in [5.74, 6) is 0. The Kier molecular flexibility index (Phi) is 2.79. The van der Waals surface area contributed by atoms with Crippen LogP contribution in [0, 0.1) is 0 Å². The number of aliphatic hydroxyl groups is 1.